The lowest BCUT2D eigenvalue weighted by Gasteiger charge is -2.30. The highest BCUT2D eigenvalue weighted by Crippen LogP contribution is 2.32. The van der Waals surface area contributed by atoms with E-state index in [2.05, 4.69) is 4.74 Å². The third-order valence-electron chi connectivity index (χ3n) is 2.80. The first-order valence-electron chi connectivity index (χ1n) is 4.99. The number of esters is 1. The van der Waals surface area contributed by atoms with Crippen LogP contribution in [-0.2, 0) is 14.9 Å². The van der Waals surface area contributed by atoms with Gasteiger partial charge in [-0.3, -0.25) is 4.79 Å². The molecule has 1 aromatic carbocycles. The van der Waals surface area contributed by atoms with E-state index in [4.69, 9.17) is 17.3 Å². The number of nitrogens with two attached hydrogens (primary N) is 1. The van der Waals surface area contributed by atoms with Crippen molar-refractivity contribution in [3.05, 3.63) is 34.9 Å². The van der Waals surface area contributed by atoms with Crippen LogP contribution < -0.4 is 5.73 Å². The quantitative estimate of drug-likeness (QED) is 0.825. The third kappa shape index (κ3) is 2.36. The minimum atomic E-state index is -0.739. The summed E-state index contributed by atoms with van der Waals surface area (Å²) in [6.07, 6.45) is 0. The first kappa shape index (κ1) is 13.0. The Kier molecular flexibility index (Phi) is 3.94. The van der Waals surface area contributed by atoms with Crippen LogP contribution in [0.3, 0.4) is 0 Å². The standard InChI is InChI=1S/C12H16ClNO2/c1-12(2,10(14)11(15)16-3)8-6-4-5-7-9(8)13/h4-7,10H,14H2,1-3H3. The Labute approximate surface area is 101 Å². The van der Waals surface area contributed by atoms with Crippen LogP contribution in [0.1, 0.15) is 19.4 Å². The summed E-state index contributed by atoms with van der Waals surface area (Å²) in [7, 11) is 1.32. The molecule has 0 radical (unpaired) electrons. The van der Waals surface area contributed by atoms with Gasteiger partial charge in [0.05, 0.1) is 7.11 Å². The summed E-state index contributed by atoms with van der Waals surface area (Å²) in [5.41, 5.74) is 6.15. The van der Waals surface area contributed by atoms with Crippen molar-refractivity contribution in [3.8, 4) is 0 Å². The number of methoxy groups -OCH3 is 1. The summed E-state index contributed by atoms with van der Waals surface area (Å²) < 4.78 is 4.65. The van der Waals surface area contributed by atoms with Gasteiger partial charge in [-0.25, -0.2) is 0 Å². The molecule has 1 atom stereocenters. The van der Waals surface area contributed by atoms with Crippen molar-refractivity contribution < 1.29 is 9.53 Å². The van der Waals surface area contributed by atoms with Crippen molar-refractivity contribution in [2.24, 2.45) is 5.73 Å². The molecule has 1 rings (SSSR count). The lowest BCUT2D eigenvalue weighted by molar-refractivity contribution is -0.143. The van der Waals surface area contributed by atoms with Crippen molar-refractivity contribution in [2.45, 2.75) is 25.3 Å². The van der Waals surface area contributed by atoms with Gasteiger partial charge in [0, 0.05) is 10.4 Å². The second-order valence-corrected chi connectivity index (χ2v) is 4.61. The summed E-state index contributed by atoms with van der Waals surface area (Å²) in [6.45, 7) is 3.74. The number of benzene rings is 1. The minimum absolute atomic E-state index is 0.440. The van der Waals surface area contributed by atoms with Crippen molar-refractivity contribution in [1.29, 1.82) is 0 Å². The molecule has 88 valence electrons. The van der Waals surface area contributed by atoms with Crippen LogP contribution in [0.2, 0.25) is 5.02 Å². The molecule has 0 bridgehead atoms. The molecule has 0 aliphatic rings. The molecule has 3 nitrogen and oxygen atoms in total. The lowest BCUT2D eigenvalue weighted by atomic mass is 9.78. The number of hydrogen-bond donors (Lipinski definition) is 1. The second-order valence-electron chi connectivity index (χ2n) is 4.20. The van der Waals surface area contributed by atoms with Crippen LogP contribution >= 0.6 is 11.6 Å². The molecule has 0 saturated carbocycles. The number of carbonyl (C=O) groups excluding carboxylic acids is 1. The summed E-state index contributed by atoms with van der Waals surface area (Å²) in [5, 5.41) is 0.604. The fourth-order valence-corrected chi connectivity index (χ4v) is 1.95. The van der Waals surface area contributed by atoms with Gasteiger partial charge in [-0.1, -0.05) is 43.6 Å². The fourth-order valence-electron chi connectivity index (χ4n) is 1.57. The molecule has 0 fully saturated rings. The summed E-state index contributed by atoms with van der Waals surface area (Å²) in [4.78, 5) is 11.5. The minimum Gasteiger partial charge on any atom is -0.468 e. The Bertz CT molecular complexity index is 390. The van der Waals surface area contributed by atoms with Gasteiger partial charge in [-0.05, 0) is 11.6 Å². The Morgan fingerprint density at radius 3 is 2.50 bits per heavy atom. The number of ether oxygens (including phenoxy) is 1. The lowest BCUT2D eigenvalue weighted by Crippen LogP contribution is -2.47. The fraction of sp³-hybridized carbons (Fsp3) is 0.417. The predicted octanol–water partition coefficient (Wildman–Crippen LogP) is 2.12. The maximum Gasteiger partial charge on any atom is 0.323 e. The van der Waals surface area contributed by atoms with Gasteiger partial charge in [-0.2, -0.15) is 0 Å². The van der Waals surface area contributed by atoms with E-state index in [0.717, 1.165) is 5.56 Å². The van der Waals surface area contributed by atoms with Crippen LogP contribution in [0.15, 0.2) is 24.3 Å². The molecule has 0 spiro atoms. The Hall–Kier alpha value is -1.06. The Balaban J connectivity index is 3.11. The van der Waals surface area contributed by atoms with Gasteiger partial charge in [0.2, 0.25) is 0 Å². The number of carbonyl (C=O) groups is 1. The van der Waals surface area contributed by atoms with E-state index in [1.165, 1.54) is 7.11 Å². The molecule has 0 amide bonds. The van der Waals surface area contributed by atoms with Crippen LogP contribution in [0.25, 0.3) is 0 Å². The van der Waals surface area contributed by atoms with E-state index in [0.29, 0.717) is 5.02 Å². The van der Waals surface area contributed by atoms with Gasteiger partial charge in [0.1, 0.15) is 6.04 Å². The first-order valence-corrected chi connectivity index (χ1v) is 5.37. The molecular weight excluding hydrogens is 226 g/mol. The maximum absolute atomic E-state index is 11.5. The van der Waals surface area contributed by atoms with E-state index < -0.39 is 17.4 Å². The van der Waals surface area contributed by atoms with Crippen molar-refractivity contribution in [2.75, 3.05) is 7.11 Å². The third-order valence-corrected chi connectivity index (χ3v) is 3.13. The van der Waals surface area contributed by atoms with E-state index in [1.807, 2.05) is 32.0 Å². The molecule has 16 heavy (non-hydrogen) atoms. The maximum atomic E-state index is 11.5. The molecule has 1 aromatic rings. The van der Waals surface area contributed by atoms with Crippen LogP contribution in [-0.4, -0.2) is 19.1 Å². The highest BCUT2D eigenvalue weighted by molar-refractivity contribution is 6.31. The zero-order chi connectivity index (χ0) is 12.3. The van der Waals surface area contributed by atoms with E-state index >= 15 is 0 Å². The molecule has 2 N–H and O–H groups in total. The van der Waals surface area contributed by atoms with Crippen LogP contribution in [0.5, 0.6) is 0 Å². The molecule has 0 aromatic heterocycles. The largest absolute Gasteiger partial charge is 0.468 e. The summed E-state index contributed by atoms with van der Waals surface area (Å²) >= 11 is 6.09. The Morgan fingerprint density at radius 2 is 2.00 bits per heavy atom. The predicted molar refractivity (Wildman–Crippen MR) is 64.5 cm³/mol. The normalized spacial score (nSPS) is 13.3. The van der Waals surface area contributed by atoms with Gasteiger partial charge in [-0.15, -0.1) is 0 Å². The van der Waals surface area contributed by atoms with Gasteiger partial charge >= 0.3 is 5.97 Å². The average Bonchev–Trinajstić information content (AvgIpc) is 2.27. The molecule has 0 aliphatic heterocycles. The monoisotopic (exact) mass is 241 g/mol. The average molecular weight is 242 g/mol. The second kappa shape index (κ2) is 4.85. The molecule has 1 unspecified atom stereocenters. The van der Waals surface area contributed by atoms with Crippen molar-refractivity contribution in [3.63, 3.8) is 0 Å². The molecule has 0 heterocycles. The molecule has 4 heteroatoms. The molecule has 0 saturated heterocycles. The van der Waals surface area contributed by atoms with Crippen LogP contribution in [0.4, 0.5) is 0 Å². The number of hydrogen-bond acceptors (Lipinski definition) is 3. The topological polar surface area (TPSA) is 52.3 Å². The molecular formula is C12H16ClNO2. The highest BCUT2D eigenvalue weighted by atomic mass is 35.5. The SMILES string of the molecule is COC(=O)C(N)C(C)(C)c1ccccc1Cl. The molecule has 0 aliphatic carbocycles. The smallest absolute Gasteiger partial charge is 0.323 e. The summed E-state index contributed by atoms with van der Waals surface area (Å²) in [6, 6.07) is 6.61. The van der Waals surface area contributed by atoms with E-state index in [-0.39, 0.29) is 0 Å². The van der Waals surface area contributed by atoms with Crippen molar-refractivity contribution >= 4 is 17.6 Å². The van der Waals surface area contributed by atoms with Crippen LogP contribution in [0, 0.1) is 0 Å². The zero-order valence-corrected chi connectivity index (χ0v) is 10.4. The van der Waals surface area contributed by atoms with E-state index in [1.54, 1.807) is 6.07 Å². The van der Waals surface area contributed by atoms with Crippen molar-refractivity contribution in [1.82, 2.24) is 0 Å². The Morgan fingerprint density at radius 1 is 1.44 bits per heavy atom. The van der Waals surface area contributed by atoms with E-state index in [9.17, 15) is 4.79 Å². The van der Waals surface area contributed by atoms with Gasteiger partial charge in [0.25, 0.3) is 0 Å². The van der Waals surface area contributed by atoms with Gasteiger partial charge < -0.3 is 10.5 Å². The highest BCUT2D eigenvalue weighted by Gasteiger charge is 2.35. The zero-order valence-electron chi connectivity index (χ0n) is 9.66. The van der Waals surface area contributed by atoms with Gasteiger partial charge in [0.15, 0.2) is 0 Å². The number of halogens is 1. The summed E-state index contributed by atoms with van der Waals surface area (Å²) in [5.74, 6) is -0.440. The number of rotatable bonds is 3. The first-order chi connectivity index (χ1) is 7.41.